The van der Waals surface area contributed by atoms with Crippen molar-refractivity contribution in [2.75, 3.05) is 6.54 Å². The molecule has 0 spiro atoms. The Morgan fingerprint density at radius 1 is 1.08 bits per heavy atom. The van der Waals surface area contributed by atoms with Crippen LogP contribution in [0.1, 0.15) is 22.3 Å². The standard InChI is InChI=1S/C21H22N2O2/c1-14-10-15(2)20-18(11-14)13-17(21(25)23-20)8-9-22-19(24)12-16-6-4-3-5-7-16/h3-7,10-11,13H,8-9,12H2,1-2H3,(H,22,24)(H,23,25). The molecule has 3 rings (SSSR count). The van der Waals surface area contributed by atoms with Gasteiger partial charge >= 0.3 is 0 Å². The number of H-pyrrole nitrogens is 1. The summed E-state index contributed by atoms with van der Waals surface area (Å²) in [6, 6.07) is 15.7. The molecule has 1 aromatic heterocycles. The normalized spacial score (nSPS) is 10.8. The molecule has 4 nitrogen and oxygen atoms in total. The first-order valence-corrected chi connectivity index (χ1v) is 8.47. The molecule has 25 heavy (non-hydrogen) atoms. The second-order valence-corrected chi connectivity index (χ2v) is 6.43. The second-order valence-electron chi connectivity index (χ2n) is 6.43. The molecule has 0 aliphatic heterocycles. The highest BCUT2D eigenvalue weighted by Gasteiger charge is 2.07. The summed E-state index contributed by atoms with van der Waals surface area (Å²) in [5, 5.41) is 3.92. The lowest BCUT2D eigenvalue weighted by Crippen LogP contribution is -2.28. The minimum atomic E-state index is -0.0863. The zero-order chi connectivity index (χ0) is 17.8. The summed E-state index contributed by atoms with van der Waals surface area (Å²) >= 11 is 0. The minimum absolute atomic E-state index is 0.0323. The van der Waals surface area contributed by atoms with Crippen LogP contribution in [-0.4, -0.2) is 17.4 Å². The monoisotopic (exact) mass is 334 g/mol. The number of carbonyl (C=O) groups excluding carboxylic acids is 1. The third-order valence-corrected chi connectivity index (χ3v) is 4.29. The molecule has 0 fully saturated rings. The Kier molecular flexibility index (Phi) is 4.98. The van der Waals surface area contributed by atoms with E-state index in [4.69, 9.17) is 0 Å². The van der Waals surface area contributed by atoms with Gasteiger partial charge in [0.15, 0.2) is 0 Å². The molecule has 1 amide bonds. The number of hydrogen-bond acceptors (Lipinski definition) is 2. The molecule has 0 bridgehead atoms. The number of hydrogen-bond donors (Lipinski definition) is 2. The highest BCUT2D eigenvalue weighted by molar-refractivity contribution is 5.83. The zero-order valence-electron chi connectivity index (χ0n) is 14.6. The van der Waals surface area contributed by atoms with Crippen molar-refractivity contribution in [2.45, 2.75) is 26.7 Å². The number of pyridine rings is 1. The van der Waals surface area contributed by atoms with E-state index >= 15 is 0 Å². The fourth-order valence-electron chi connectivity index (χ4n) is 3.10. The van der Waals surface area contributed by atoms with Crippen LogP contribution in [0.25, 0.3) is 10.9 Å². The van der Waals surface area contributed by atoms with Crippen LogP contribution in [0, 0.1) is 13.8 Å². The molecule has 0 saturated carbocycles. The van der Waals surface area contributed by atoms with Gasteiger partial charge in [-0.25, -0.2) is 0 Å². The maximum atomic E-state index is 12.3. The van der Waals surface area contributed by atoms with Gasteiger partial charge in [0, 0.05) is 12.1 Å². The third kappa shape index (κ3) is 4.15. The van der Waals surface area contributed by atoms with E-state index < -0.39 is 0 Å². The van der Waals surface area contributed by atoms with Crippen LogP contribution in [0.3, 0.4) is 0 Å². The Balaban J connectivity index is 1.66. The molecule has 1 heterocycles. The van der Waals surface area contributed by atoms with Crippen LogP contribution in [0.2, 0.25) is 0 Å². The summed E-state index contributed by atoms with van der Waals surface area (Å²) < 4.78 is 0. The molecular weight excluding hydrogens is 312 g/mol. The van der Waals surface area contributed by atoms with Crippen LogP contribution >= 0.6 is 0 Å². The van der Waals surface area contributed by atoms with Crippen molar-refractivity contribution in [2.24, 2.45) is 0 Å². The smallest absolute Gasteiger partial charge is 0.251 e. The summed E-state index contributed by atoms with van der Waals surface area (Å²) in [4.78, 5) is 27.2. The second kappa shape index (κ2) is 7.34. The number of fused-ring (bicyclic) bond motifs is 1. The topological polar surface area (TPSA) is 62.0 Å². The third-order valence-electron chi connectivity index (χ3n) is 4.29. The van der Waals surface area contributed by atoms with E-state index in [1.807, 2.05) is 50.2 Å². The van der Waals surface area contributed by atoms with Crippen molar-refractivity contribution in [1.29, 1.82) is 0 Å². The van der Waals surface area contributed by atoms with Crippen molar-refractivity contribution in [3.8, 4) is 0 Å². The van der Waals surface area contributed by atoms with Crippen LogP contribution < -0.4 is 10.9 Å². The van der Waals surface area contributed by atoms with E-state index in [-0.39, 0.29) is 11.5 Å². The Bertz CT molecular complexity index is 959. The molecule has 2 aromatic carbocycles. The highest BCUT2D eigenvalue weighted by Crippen LogP contribution is 2.18. The SMILES string of the molecule is Cc1cc(C)c2[nH]c(=O)c(CCNC(=O)Cc3ccccc3)cc2c1. The summed E-state index contributed by atoms with van der Waals surface area (Å²) in [6.45, 7) is 4.49. The number of amides is 1. The van der Waals surface area contributed by atoms with Crippen LogP contribution in [-0.2, 0) is 17.6 Å². The van der Waals surface area contributed by atoms with E-state index in [2.05, 4.69) is 22.4 Å². The molecule has 3 aromatic rings. The number of aromatic amines is 1. The number of carbonyl (C=O) groups is 1. The number of aryl methyl sites for hydroxylation is 2. The van der Waals surface area contributed by atoms with Crippen LogP contribution in [0.15, 0.2) is 53.3 Å². The Morgan fingerprint density at radius 2 is 1.84 bits per heavy atom. The number of rotatable bonds is 5. The van der Waals surface area contributed by atoms with Gasteiger partial charge in [-0.15, -0.1) is 0 Å². The molecule has 2 N–H and O–H groups in total. The molecule has 0 aliphatic rings. The van der Waals surface area contributed by atoms with E-state index in [0.29, 0.717) is 24.9 Å². The average molecular weight is 334 g/mol. The van der Waals surface area contributed by atoms with E-state index in [0.717, 1.165) is 22.0 Å². The predicted octanol–water partition coefficient (Wildman–Crippen LogP) is 3.05. The maximum Gasteiger partial charge on any atom is 0.251 e. The molecule has 0 aliphatic carbocycles. The Hall–Kier alpha value is -2.88. The molecule has 0 radical (unpaired) electrons. The lowest BCUT2D eigenvalue weighted by molar-refractivity contribution is -0.120. The highest BCUT2D eigenvalue weighted by atomic mass is 16.1. The van der Waals surface area contributed by atoms with Crippen molar-refractivity contribution >= 4 is 16.8 Å². The van der Waals surface area contributed by atoms with Gasteiger partial charge in [-0.2, -0.15) is 0 Å². The molecule has 0 unspecified atom stereocenters. The maximum absolute atomic E-state index is 12.3. The van der Waals surface area contributed by atoms with Gasteiger partial charge in [0.25, 0.3) is 5.56 Å². The van der Waals surface area contributed by atoms with Gasteiger partial charge in [-0.3, -0.25) is 9.59 Å². The quantitative estimate of drug-likeness (QED) is 0.753. The van der Waals surface area contributed by atoms with E-state index in [1.54, 1.807) is 0 Å². The van der Waals surface area contributed by atoms with Crippen LogP contribution in [0.4, 0.5) is 0 Å². The largest absolute Gasteiger partial charge is 0.355 e. The summed E-state index contributed by atoms with van der Waals surface area (Å²) in [6.07, 6.45) is 0.867. The zero-order valence-corrected chi connectivity index (χ0v) is 14.6. The molecule has 4 heteroatoms. The fraction of sp³-hybridized carbons (Fsp3) is 0.238. The van der Waals surface area contributed by atoms with Gasteiger partial charge in [-0.1, -0.05) is 42.0 Å². The van der Waals surface area contributed by atoms with Crippen LogP contribution in [0.5, 0.6) is 0 Å². The summed E-state index contributed by atoms with van der Waals surface area (Å²) in [5.74, 6) is -0.0323. The van der Waals surface area contributed by atoms with Crippen molar-refractivity contribution in [1.82, 2.24) is 10.3 Å². The van der Waals surface area contributed by atoms with E-state index in [9.17, 15) is 9.59 Å². The van der Waals surface area contributed by atoms with E-state index in [1.165, 1.54) is 5.56 Å². The van der Waals surface area contributed by atoms with Crippen molar-refractivity contribution < 1.29 is 4.79 Å². The minimum Gasteiger partial charge on any atom is -0.355 e. The lowest BCUT2D eigenvalue weighted by Gasteiger charge is -2.08. The number of benzene rings is 2. The molecular formula is C21H22N2O2. The first-order chi connectivity index (χ1) is 12.0. The number of aromatic nitrogens is 1. The van der Waals surface area contributed by atoms with Crippen molar-refractivity contribution in [3.05, 3.63) is 81.1 Å². The van der Waals surface area contributed by atoms with Gasteiger partial charge in [0.2, 0.25) is 5.91 Å². The van der Waals surface area contributed by atoms with Gasteiger partial charge < -0.3 is 10.3 Å². The molecule has 0 saturated heterocycles. The predicted molar refractivity (Wildman–Crippen MR) is 101 cm³/mol. The lowest BCUT2D eigenvalue weighted by atomic mass is 10.0. The Labute approximate surface area is 146 Å². The fourth-order valence-corrected chi connectivity index (χ4v) is 3.10. The Morgan fingerprint density at radius 3 is 2.60 bits per heavy atom. The van der Waals surface area contributed by atoms with Gasteiger partial charge in [0.1, 0.15) is 0 Å². The summed E-state index contributed by atoms with van der Waals surface area (Å²) in [7, 11) is 0. The number of nitrogens with one attached hydrogen (secondary N) is 2. The van der Waals surface area contributed by atoms with Gasteiger partial charge in [-0.05, 0) is 48.9 Å². The van der Waals surface area contributed by atoms with Crippen molar-refractivity contribution in [3.63, 3.8) is 0 Å². The molecule has 128 valence electrons. The summed E-state index contributed by atoms with van der Waals surface area (Å²) in [5.41, 5.74) is 4.70. The first-order valence-electron chi connectivity index (χ1n) is 8.47. The van der Waals surface area contributed by atoms with Gasteiger partial charge in [0.05, 0.1) is 11.9 Å². The molecule has 0 atom stereocenters. The first kappa shape index (κ1) is 17.0. The average Bonchev–Trinajstić information content (AvgIpc) is 2.57.